The van der Waals surface area contributed by atoms with Crippen LogP contribution in [0.5, 0.6) is 11.5 Å². The lowest BCUT2D eigenvalue weighted by molar-refractivity contribution is -0.137. The van der Waals surface area contributed by atoms with Gasteiger partial charge in [-0.3, -0.25) is 9.69 Å². The van der Waals surface area contributed by atoms with E-state index in [9.17, 15) is 32.3 Å². The highest BCUT2D eigenvalue weighted by Gasteiger charge is 2.54. The predicted octanol–water partition coefficient (Wildman–Crippen LogP) is 8.35. The number of halogens is 5. The van der Waals surface area contributed by atoms with Gasteiger partial charge in [-0.25, -0.2) is 13.6 Å². The standard InChI is InChI=1S/C30H29F5N2O4/c1-17-14-19(31)7-11-24(17)41-25-10-6-18(30(33,34)35)15-21(25)26(38)36-20-8-9-23(32)22(16-20)29(28(2,3)4)12-5-13-37(29)27(39)40/h6-11,14-16H,5,12-13H2,1-4H3,(H,36,38)(H,39,40). The van der Waals surface area contributed by atoms with Crippen LogP contribution in [0.25, 0.3) is 0 Å². The Morgan fingerprint density at radius 2 is 1.66 bits per heavy atom. The zero-order valence-electron chi connectivity index (χ0n) is 22.8. The van der Waals surface area contributed by atoms with Gasteiger partial charge in [-0.2, -0.15) is 13.2 Å². The number of likely N-dealkylation sites (tertiary alicyclic amines) is 1. The number of rotatable bonds is 5. The third kappa shape index (κ3) is 5.71. The van der Waals surface area contributed by atoms with Crippen LogP contribution in [0.4, 0.5) is 32.4 Å². The molecule has 6 nitrogen and oxygen atoms in total. The first kappa shape index (κ1) is 29.8. The first-order valence-corrected chi connectivity index (χ1v) is 12.8. The maximum Gasteiger partial charge on any atom is 0.416 e. The van der Waals surface area contributed by atoms with Gasteiger partial charge in [-0.1, -0.05) is 20.8 Å². The zero-order valence-corrected chi connectivity index (χ0v) is 22.8. The molecular weight excluding hydrogens is 547 g/mol. The van der Waals surface area contributed by atoms with Crippen molar-refractivity contribution in [3.63, 3.8) is 0 Å². The summed E-state index contributed by atoms with van der Waals surface area (Å²) < 4.78 is 75.3. The second kappa shape index (κ2) is 10.7. The lowest BCUT2D eigenvalue weighted by Crippen LogP contribution is -2.53. The van der Waals surface area contributed by atoms with Crippen LogP contribution < -0.4 is 10.1 Å². The molecule has 1 heterocycles. The van der Waals surface area contributed by atoms with Crippen LogP contribution in [0.3, 0.4) is 0 Å². The van der Waals surface area contributed by atoms with Crippen LogP contribution in [0.15, 0.2) is 54.6 Å². The van der Waals surface area contributed by atoms with Crippen molar-refractivity contribution in [3.05, 3.63) is 88.5 Å². The van der Waals surface area contributed by atoms with Gasteiger partial charge in [0.25, 0.3) is 5.91 Å². The van der Waals surface area contributed by atoms with E-state index in [4.69, 9.17) is 4.74 Å². The van der Waals surface area contributed by atoms with Crippen LogP contribution in [0.1, 0.15) is 60.7 Å². The molecule has 0 bridgehead atoms. The van der Waals surface area contributed by atoms with Crippen molar-refractivity contribution < 1.29 is 41.4 Å². The number of alkyl halides is 3. The SMILES string of the molecule is Cc1cc(F)ccc1Oc1ccc(C(F)(F)F)cc1C(=O)Nc1ccc(F)c(C2(C(C)(C)C)CCCN2C(=O)O)c1. The quantitative estimate of drug-likeness (QED) is 0.299. The molecular formula is C30H29F5N2O4. The maximum absolute atomic E-state index is 15.3. The first-order valence-electron chi connectivity index (χ1n) is 12.8. The fraction of sp³-hybridized carbons (Fsp3) is 0.333. The normalized spacial score (nSPS) is 17.4. The number of hydrogen-bond donors (Lipinski definition) is 2. The Morgan fingerprint density at radius 1 is 0.976 bits per heavy atom. The summed E-state index contributed by atoms with van der Waals surface area (Å²) in [7, 11) is 0. The highest BCUT2D eigenvalue weighted by Crippen LogP contribution is 2.52. The fourth-order valence-electron chi connectivity index (χ4n) is 5.48. The average molecular weight is 577 g/mol. The second-order valence-corrected chi connectivity index (χ2v) is 11.0. The Bertz CT molecular complexity index is 1500. The second-order valence-electron chi connectivity index (χ2n) is 11.0. The lowest BCUT2D eigenvalue weighted by atomic mass is 9.67. The van der Waals surface area contributed by atoms with E-state index >= 15 is 4.39 Å². The Morgan fingerprint density at radius 3 is 2.27 bits per heavy atom. The summed E-state index contributed by atoms with van der Waals surface area (Å²) in [6, 6.07) is 9.61. The molecule has 0 aliphatic carbocycles. The van der Waals surface area contributed by atoms with Gasteiger partial charge in [0, 0.05) is 17.8 Å². The molecule has 4 rings (SSSR count). The van der Waals surface area contributed by atoms with Crippen molar-refractivity contribution in [2.24, 2.45) is 5.41 Å². The number of carboxylic acid groups (broad SMARTS) is 1. The summed E-state index contributed by atoms with van der Waals surface area (Å²) >= 11 is 0. The maximum atomic E-state index is 15.3. The third-order valence-corrected chi connectivity index (χ3v) is 7.43. The molecule has 0 radical (unpaired) electrons. The van der Waals surface area contributed by atoms with E-state index in [1.54, 1.807) is 20.8 Å². The lowest BCUT2D eigenvalue weighted by Gasteiger charge is -2.47. The molecule has 0 aromatic heterocycles. The molecule has 1 saturated heterocycles. The van der Waals surface area contributed by atoms with Gasteiger partial charge in [0.15, 0.2) is 0 Å². The summed E-state index contributed by atoms with van der Waals surface area (Å²) in [6.07, 6.45) is -5.15. The molecule has 0 saturated carbocycles. The molecule has 3 aromatic rings. The third-order valence-electron chi connectivity index (χ3n) is 7.43. The number of amides is 2. The Labute approximate surface area is 233 Å². The number of anilines is 1. The molecule has 218 valence electrons. The van der Waals surface area contributed by atoms with E-state index in [0.29, 0.717) is 24.5 Å². The van der Waals surface area contributed by atoms with Gasteiger partial charge in [-0.15, -0.1) is 0 Å². The van der Waals surface area contributed by atoms with E-state index in [1.807, 2.05) is 0 Å². The summed E-state index contributed by atoms with van der Waals surface area (Å²) in [6.45, 7) is 7.11. The minimum atomic E-state index is -4.76. The molecule has 11 heteroatoms. The van der Waals surface area contributed by atoms with Crippen molar-refractivity contribution in [1.29, 1.82) is 0 Å². The number of hydrogen-bond acceptors (Lipinski definition) is 3. The Balaban J connectivity index is 1.76. The van der Waals surface area contributed by atoms with Crippen molar-refractivity contribution in [1.82, 2.24) is 4.90 Å². The molecule has 1 aliphatic rings. The van der Waals surface area contributed by atoms with Crippen LogP contribution >= 0.6 is 0 Å². The van der Waals surface area contributed by atoms with E-state index < -0.39 is 51.9 Å². The van der Waals surface area contributed by atoms with Crippen LogP contribution in [0.2, 0.25) is 0 Å². The van der Waals surface area contributed by atoms with E-state index in [0.717, 1.165) is 24.3 Å². The molecule has 1 fully saturated rings. The molecule has 1 aliphatic heterocycles. The molecule has 1 atom stereocenters. The minimum absolute atomic E-state index is 0.0464. The summed E-state index contributed by atoms with van der Waals surface area (Å²) in [4.78, 5) is 26.7. The largest absolute Gasteiger partial charge is 0.465 e. The predicted molar refractivity (Wildman–Crippen MR) is 142 cm³/mol. The molecule has 2 N–H and O–H groups in total. The van der Waals surface area contributed by atoms with Crippen molar-refractivity contribution in [2.75, 3.05) is 11.9 Å². The number of nitrogens with zero attached hydrogens (tertiary/aromatic N) is 1. The van der Waals surface area contributed by atoms with Gasteiger partial charge < -0.3 is 15.2 Å². The summed E-state index contributed by atoms with van der Waals surface area (Å²) in [5, 5.41) is 12.4. The average Bonchev–Trinajstić information content (AvgIpc) is 3.33. The summed E-state index contributed by atoms with van der Waals surface area (Å²) in [5.41, 5.74) is -3.12. The van der Waals surface area contributed by atoms with E-state index in [2.05, 4.69) is 5.32 Å². The van der Waals surface area contributed by atoms with E-state index in [1.165, 1.54) is 36.1 Å². The van der Waals surface area contributed by atoms with Gasteiger partial charge in [0.2, 0.25) is 0 Å². The van der Waals surface area contributed by atoms with Gasteiger partial charge in [0.05, 0.1) is 16.7 Å². The molecule has 0 spiro atoms. The number of nitrogens with one attached hydrogen (secondary N) is 1. The summed E-state index contributed by atoms with van der Waals surface area (Å²) in [5.74, 6) is -2.28. The first-order chi connectivity index (χ1) is 19.0. The Hall–Kier alpha value is -4.15. The topological polar surface area (TPSA) is 78.9 Å². The van der Waals surface area contributed by atoms with Gasteiger partial charge >= 0.3 is 12.3 Å². The molecule has 1 unspecified atom stereocenters. The fourth-order valence-corrected chi connectivity index (χ4v) is 5.48. The smallest absolute Gasteiger partial charge is 0.416 e. The molecule has 41 heavy (non-hydrogen) atoms. The monoisotopic (exact) mass is 576 g/mol. The van der Waals surface area contributed by atoms with Crippen LogP contribution in [-0.2, 0) is 11.7 Å². The van der Waals surface area contributed by atoms with Crippen molar-refractivity contribution >= 4 is 17.7 Å². The minimum Gasteiger partial charge on any atom is -0.465 e. The molecule has 3 aromatic carbocycles. The van der Waals surface area contributed by atoms with Crippen molar-refractivity contribution in [3.8, 4) is 11.5 Å². The van der Waals surface area contributed by atoms with Crippen molar-refractivity contribution in [2.45, 2.75) is 52.3 Å². The number of ether oxygens (including phenoxy) is 1. The van der Waals surface area contributed by atoms with Crippen LogP contribution in [-0.4, -0.2) is 28.6 Å². The highest BCUT2D eigenvalue weighted by molar-refractivity contribution is 6.06. The van der Waals surface area contributed by atoms with Gasteiger partial charge in [0.1, 0.15) is 23.1 Å². The number of aryl methyl sites for hydroxylation is 1. The van der Waals surface area contributed by atoms with Crippen LogP contribution in [0, 0.1) is 24.0 Å². The Kier molecular flexibility index (Phi) is 7.77. The van der Waals surface area contributed by atoms with E-state index in [-0.39, 0.29) is 29.3 Å². The zero-order chi connectivity index (χ0) is 30.3. The number of carbonyl (C=O) groups excluding carboxylic acids is 1. The number of carbonyl (C=O) groups is 2. The highest BCUT2D eigenvalue weighted by atomic mass is 19.4. The van der Waals surface area contributed by atoms with Gasteiger partial charge in [-0.05, 0) is 85.3 Å². The number of benzene rings is 3. The molecule has 2 amide bonds.